The Morgan fingerprint density at radius 3 is 2.42 bits per heavy atom. The molecule has 0 atom stereocenters. The number of hydrogen-bond donors (Lipinski definition) is 0. The summed E-state index contributed by atoms with van der Waals surface area (Å²) in [7, 11) is 0. The topological polar surface area (TPSA) is 30.3 Å². The number of hydrogen-bond acceptors (Lipinski definition) is 3. The van der Waals surface area contributed by atoms with Gasteiger partial charge in [0.1, 0.15) is 6.61 Å². The maximum absolute atomic E-state index is 6.14. The van der Waals surface area contributed by atoms with Gasteiger partial charge in [-0.05, 0) is 37.2 Å². The second-order valence-electron chi connectivity index (χ2n) is 5.95. The lowest BCUT2D eigenvalue weighted by Gasteiger charge is -2.17. The van der Waals surface area contributed by atoms with Crippen LogP contribution in [0.3, 0.4) is 0 Å². The first-order valence-corrected chi connectivity index (χ1v) is 9.12. The normalized spacial score (nSPS) is 11.5. The zero-order valence-corrected chi connectivity index (χ0v) is 16.2. The molecule has 0 radical (unpaired) electrons. The molecule has 0 saturated heterocycles. The maximum Gasteiger partial charge on any atom is 0.233 e. The summed E-state index contributed by atoms with van der Waals surface area (Å²) in [4.78, 5) is 2.32. The molecule has 0 aliphatic heterocycles. The van der Waals surface area contributed by atoms with Gasteiger partial charge in [0.15, 0.2) is 0 Å². The van der Waals surface area contributed by atoms with Gasteiger partial charge in [-0.15, -0.1) is 5.10 Å². The third kappa shape index (κ3) is 4.65. The minimum atomic E-state index is 0.312. The molecular weight excluding hydrogens is 345 g/mol. The first kappa shape index (κ1) is 19.1. The van der Waals surface area contributed by atoms with Crippen molar-refractivity contribution < 1.29 is 4.74 Å². The minimum absolute atomic E-state index is 0.312. The summed E-state index contributed by atoms with van der Waals surface area (Å²) in [6.45, 7) is 12.1. The fourth-order valence-electron chi connectivity index (χ4n) is 2.50. The average Bonchev–Trinajstić information content (AvgIpc) is 2.98. The van der Waals surface area contributed by atoms with E-state index in [9.17, 15) is 0 Å². The van der Waals surface area contributed by atoms with Crippen LogP contribution in [0, 0.1) is 0 Å². The predicted octanol–water partition coefficient (Wildman–Crippen LogP) is 5.02. The molecule has 0 fully saturated rings. The van der Waals surface area contributed by atoms with Gasteiger partial charge < -0.3 is 9.64 Å². The second-order valence-corrected chi connectivity index (χ2v) is 6.76. The number of nitrogens with zero attached hydrogens (tertiary/aromatic N) is 3. The first-order valence-electron chi connectivity index (χ1n) is 8.36. The largest absolute Gasteiger partial charge is 0.475 e. The monoisotopic (exact) mass is 369 g/mol. The van der Waals surface area contributed by atoms with Crippen LogP contribution < -0.4 is 4.74 Å². The highest BCUT2D eigenvalue weighted by Crippen LogP contribution is 2.28. The summed E-state index contributed by atoms with van der Waals surface area (Å²) in [5.74, 6) is 0.948. The number of aromatic nitrogens is 2. The molecule has 6 heteroatoms. The van der Waals surface area contributed by atoms with E-state index in [-0.39, 0.29) is 0 Å². The Balaban J connectivity index is 2.19. The van der Waals surface area contributed by atoms with Crippen molar-refractivity contribution in [2.45, 2.75) is 33.6 Å². The Bertz CT molecular complexity index is 666. The molecule has 0 N–H and O–H groups in total. The van der Waals surface area contributed by atoms with Crippen molar-refractivity contribution in [3.05, 3.63) is 40.0 Å². The van der Waals surface area contributed by atoms with Crippen LogP contribution in [0.5, 0.6) is 5.88 Å². The number of ether oxygens (including phenoxy) is 1. The second kappa shape index (κ2) is 8.75. The molecule has 1 aromatic carbocycles. The fraction of sp³-hybridized carbons (Fsp3) is 0.500. The van der Waals surface area contributed by atoms with Crippen molar-refractivity contribution in [1.82, 2.24) is 14.7 Å². The SMILES string of the molecule is CCN(CC)CCOc1cc(C(C)C)n(-c2ccc(Cl)c(Cl)c2)n1. The molecule has 2 aromatic rings. The van der Waals surface area contributed by atoms with E-state index in [1.807, 2.05) is 22.9 Å². The summed E-state index contributed by atoms with van der Waals surface area (Å²) in [5, 5.41) is 5.65. The number of halogens is 2. The van der Waals surface area contributed by atoms with Crippen molar-refractivity contribution >= 4 is 23.2 Å². The van der Waals surface area contributed by atoms with E-state index in [4.69, 9.17) is 27.9 Å². The van der Waals surface area contributed by atoms with Crippen LogP contribution in [0.4, 0.5) is 0 Å². The minimum Gasteiger partial charge on any atom is -0.475 e. The molecule has 0 bridgehead atoms. The van der Waals surface area contributed by atoms with E-state index >= 15 is 0 Å². The van der Waals surface area contributed by atoms with Crippen molar-refractivity contribution in [3.8, 4) is 11.6 Å². The third-order valence-electron chi connectivity index (χ3n) is 4.01. The van der Waals surface area contributed by atoms with E-state index in [0.717, 1.165) is 31.0 Å². The third-order valence-corrected chi connectivity index (χ3v) is 4.74. The maximum atomic E-state index is 6.14. The molecule has 2 rings (SSSR count). The lowest BCUT2D eigenvalue weighted by molar-refractivity contribution is 0.217. The molecule has 4 nitrogen and oxygen atoms in total. The van der Waals surface area contributed by atoms with Gasteiger partial charge in [0.2, 0.25) is 5.88 Å². The highest BCUT2D eigenvalue weighted by atomic mass is 35.5. The highest BCUT2D eigenvalue weighted by molar-refractivity contribution is 6.42. The van der Waals surface area contributed by atoms with Crippen molar-refractivity contribution in [1.29, 1.82) is 0 Å². The molecule has 0 amide bonds. The molecule has 0 unspecified atom stereocenters. The van der Waals surface area contributed by atoms with E-state index in [2.05, 4.69) is 37.7 Å². The van der Waals surface area contributed by atoms with Gasteiger partial charge in [-0.1, -0.05) is 50.9 Å². The van der Waals surface area contributed by atoms with Gasteiger partial charge in [0.05, 0.1) is 21.4 Å². The van der Waals surface area contributed by atoms with Gasteiger partial charge >= 0.3 is 0 Å². The first-order chi connectivity index (χ1) is 11.5. The van der Waals surface area contributed by atoms with Gasteiger partial charge in [0, 0.05) is 12.6 Å². The van der Waals surface area contributed by atoms with E-state index in [0.29, 0.717) is 28.5 Å². The van der Waals surface area contributed by atoms with Crippen LogP contribution >= 0.6 is 23.2 Å². The quantitative estimate of drug-likeness (QED) is 0.653. The molecule has 0 saturated carbocycles. The van der Waals surface area contributed by atoms with E-state index < -0.39 is 0 Å². The molecule has 1 heterocycles. The standard InChI is InChI=1S/C18H25Cl2N3O/c1-5-22(6-2)9-10-24-18-12-17(13(3)4)23(21-18)14-7-8-15(19)16(20)11-14/h7-8,11-13H,5-6,9-10H2,1-4H3. The Labute approximate surface area is 154 Å². The summed E-state index contributed by atoms with van der Waals surface area (Å²) in [6.07, 6.45) is 0. The number of benzene rings is 1. The van der Waals surface area contributed by atoms with Crippen molar-refractivity contribution in [3.63, 3.8) is 0 Å². The summed E-state index contributed by atoms with van der Waals surface area (Å²) >= 11 is 12.2. The van der Waals surface area contributed by atoms with Crippen LogP contribution in [0.1, 0.15) is 39.3 Å². The Morgan fingerprint density at radius 1 is 1.12 bits per heavy atom. The lowest BCUT2D eigenvalue weighted by atomic mass is 10.1. The van der Waals surface area contributed by atoms with Gasteiger partial charge in [-0.3, -0.25) is 0 Å². The van der Waals surface area contributed by atoms with Crippen LogP contribution in [0.15, 0.2) is 24.3 Å². The van der Waals surface area contributed by atoms with E-state index in [1.54, 1.807) is 6.07 Å². The molecule has 132 valence electrons. The summed E-state index contributed by atoms with van der Waals surface area (Å²) in [5.41, 5.74) is 1.96. The van der Waals surface area contributed by atoms with Crippen LogP contribution in [0.25, 0.3) is 5.69 Å². The highest BCUT2D eigenvalue weighted by Gasteiger charge is 2.14. The number of rotatable bonds is 8. The average molecular weight is 370 g/mol. The van der Waals surface area contributed by atoms with Crippen LogP contribution in [-0.2, 0) is 0 Å². The Morgan fingerprint density at radius 2 is 1.83 bits per heavy atom. The molecule has 0 spiro atoms. The zero-order valence-electron chi connectivity index (χ0n) is 14.7. The molecular formula is C18H25Cl2N3O. The zero-order chi connectivity index (χ0) is 17.7. The molecule has 0 aliphatic rings. The Hall–Kier alpha value is -1.23. The van der Waals surface area contributed by atoms with Crippen molar-refractivity contribution in [2.24, 2.45) is 0 Å². The summed E-state index contributed by atoms with van der Waals surface area (Å²) in [6, 6.07) is 7.51. The van der Waals surface area contributed by atoms with Gasteiger partial charge in [0.25, 0.3) is 0 Å². The molecule has 0 aliphatic carbocycles. The number of likely N-dealkylation sites (N-methyl/N-ethyl adjacent to an activating group) is 1. The predicted molar refractivity (Wildman–Crippen MR) is 101 cm³/mol. The Kier molecular flexibility index (Phi) is 6.96. The van der Waals surface area contributed by atoms with Gasteiger partial charge in [-0.2, -0.15) is 0 Å². The van der Waals surface area contributed by atoms with Crippen molar-refractivity contribution in [2.75, 3.05) is 26.2 Å². The fourth-order valence-corrected chi connectivity index (χ4v) is 2.79. The van der Waals surface area contributed by atoms with Crippen LogP contribution in [0.2, 0.25) is 10.0 Å². The summed E-state index contributed by atoms with van der Waals surface area (Å²) < 4.78 is 7.73. The van der Waals surface area contributed by atoms with E-state index in [1.165, 1.54) is 0 Å². The lowest BCUT2D eigenvalue weighted by Crippen LogP contribution is -2.27. The molecule has 1 aromatic heterocycles. The smallest absolute Gasteiger partial charge is 0.233 e. The van der Waals surface area contributed by atoms with Crippen LogP contribution in [-0.4, -0.2) is 40.9 Å². The van der Waals surface area contributed by atoms with Gasteiger partial charge in [-0.25, -0.2) is 4.68 Å². The molecule has 24 heavy (non-hydrogen) atoms.